The number of nitrogens with one attached hydrogen (secondary N) is 1. The summed E-state index contributed by atoms with van der Waals surface area (Å²) in [5.74, 6) is -0.132. The fourth-order valence-corrected chi connectivity index (χ4v) is 0.512. The van der Waals surface area contributed by atoms with E-state index in [-0.39, 0.29) is 24.4 Å². The van der Waals surface area contributed by atoms with Crippen LogP contribution in [0.15, 0.2) is 0 Å². The summed E-state index contributed by atoms with van der Waals surface area (Å²) in [6, 6.07) is 0. The Kier molecular flexibility index (Phi) is 4.33. The van der Waals surface area contributed by atoms with E-state index in [2.05, 4.69) is 5.32 Å². The minimum Gasteiger partial charge on any atom is -0.338 e. The van der Waals surface area contributed by atoms with Gasteiger partial charge in [0.05, 0.1) is 6.67 Å². The van der Waals surface area contributed by atoms with Gasteiger partial charge in [0.2, 0.25) is 11.8 Å². The van der Waals surface area contributed by atoms with Gasteiger partial charge in [0, 0.05) is 19.9 Å². The van der Waals surface area contributed by atoms with E-state index in [1.807, 2.05) is 13.8 Å². The molecule has 0 atom stereocenters. The first-order valence-electron chi connectivity index (χ1n) is 3.94. The normalized spacial score (nSPS) is 9.75. The van der Waals surface area contributed by atoms with Gasteiger partial charge in [0.1, 0.15) is 0 Å². The highest BCUT2D eigenvalue weighted by atomic mass is 16.2. The Labute approximate surface area is 72.9 Å². The fraction of sp³-hybridized carbons (Fsp3) is 0.750. The maximum atomic E-state index is 11.0. The van der Waals surface area contributed by atoms with E-state index in [1.54, 1.807) is 7.05 Å². The number of carbonyl (C=O) groups excluding carboxylic acids is 2. The molecule has 2 amide bonds. The van der Waals surface area contributed by atoms with E-state index < -0.39 is 0 Å². The zero-order valence-corrected chi connectivity index (χ0v) is 8.05. The number of rotatable bonds is 3. The van der Waals surface area contributed by atoms with Crippen LogP contribution in [0.2, 0.25) is 0 Å². The van der Waals surface area contributed by atoms with Crippen molar-refractivity contribution >= 4 is 11.8 Å². The molecule has 4 nitrogen and oxygen atoms in total. The Hall–Kier alpha value is -1.06. The molecule has 0 saturated heterocycles. The summed E-state index contributed by atoms with van der Waals surface area (Å²) >= 11 is 0. The molecule has 70 valence electrons. The molecular weight excluding hydrogens is 156 g/mol. The third-order valence-corrected chi connectivity index (χ3v) is 1.55. The van der Waals surface area contributed by atoms with Crippen molar-refractivity contribution in [2.75, 3.05) is 13.7 Å². The number of carbonyl (C=O) groups is 2. The molecule has 0 radical (unpaired) electrons. The SMILES string of the molecule is CC(=O)N(C)CNC(=O)C(C)C. The Balaban J connectivity index is 3.69. The molecule has 0 aliphatic carbocycles. The summed E-state index contributed by atoms with van der Waals surface area (Å²) in [4.78, 5) is 23.2. The number of hydrogen-bond donors (Lipinski definition) is 1. The average Bonchev–Trinajstić information content (AvgIpc) is 1.98. The van der Waals surface area contributed by atoms with Crippen molar-refractivity contribution in [2.24, 2.45) is 5.92 Å². The predicted octanol–water partition coefficient (Wildman–Crippen LogP) is 0.194. The molecule has 0 aromatic carbocycles. The number of hydrogen-bond acceptors (Lipinski definition) is 2. The zero-order valence-electron chi connectivity index (χ0n) is 8.05. The van der Waals surface area contributed by atoms with Crippen LogP contribution >= 0.6 is 0 Å². The largest absolute Gasteiger partial charge is 0.338 e. The van der Waals surface area contributed by atoms with Crippen molar-refractivity contribution in [3.8, 4) is 0 Å². The first kappa shape index (κ1) is 10.9. The van der Waals surface area contributed by atoms with Gasteiger partial charge in [-0.2, -0.15) is 0 Å². The quantitative estimate of drug-likeness (QED) is 0.618. The highest BCUT2D eigenvalue weighted by Crippen LogP contribution is 1.90. The van der Waals surface area contributed by atoms with Crippen LogP contribution in [0.3, 0.4) is 0 Å². The Morgan fingerprint density at radius 2 is 1.92 bits per heavy atom. The van der Waals surface area contributed by atoms with Gasteiger partial charge >= 0.3 is 0 Å². The maximum Gasteiger partial charge on any atom is 0.223 e. The van der Waals surface area contributed by atoms with Gasteiger partial charge in [-0.25, -0.2) is 0 Å². The molecule has 0 aromatic rings. The predicted molar refractivity (Wildman–Crippen MR) is 46.3 cm³/mol. The van der Waals surface area contributed by atoms with Crippen molar-refractivity contribution in [2.45, 2.75) is 20.8 Å². The number of nitrogens with zero attached hydrogens (tertiary/aromatic N) is 1. The van der Waals surface area contributed by atoms with Crippen LogP contribution < -0.4 is 5.32 Å². The molecule has 0 rings (SSSR count). The second-order valence-electron chi connectivity index (χ2n) is 3.07. The summed E-state index contributed by atoms with van der Waals surface area (Å²) in [7, 11) is 1.64. The first-order chi connectivity index (χ1) is 5.45. The third-order valence-electron chi connectivity index (χ3n) is 1.55. The highest BCUT2D eigenvalue weighted by Gasteiger charge is 2.07. The second kappa shape index (κ2) is 4.74. The lowest BCUT2D eigenvalue weighted by Gasteiger charge is -2.16. The molecular formula is C8H16N2O2. The van der Waals surface area contributed by atoms with Gasteiger partial charge in [-0.3, -0.25) is 9.59 Å². The van der Waals surface area contributed by atoms with Crippen LogP contribution in [0.5, 0.6) is 0 Å². The molecule has 4 heteroatoms. The van der Waals surface area contributed by atoms with Crippen molar-refractivity contribution < 1.29 is 9.59 Å². The van der Waals surface area contributed by atoms with E-state index >= 15 is 0 Å². The maximum absolute atomic E-state index is 11.0. The molecule has 0 bridgehead atoms. The van der Waals surface area contributed by atoms with E-state index in [0.29, 0.717) is 0 Å². The minimum atomic E-state index is -0.0564. The molecule has 1 N–H and O–H groups in total. The molecule has 0 aliphatic rings. The summed E-state index contributed by atoms with van der Waals surface area (Å²) < 4.78 is 0. The van der Waals surface area contributed by atoms with Crippen molar-refractivity contribution in [1.82, 2.24) is 10.2 Å². The van der Waals surface area contributed by atoms with E-state index in [0.717, 1.165) is 0 Å². The lowest BCUT2D eigenvalue weighted by Crippen LogP contribution is -2.39. The second-order valence-corrected chi connectivity index (χ2v) is 3.07. The van der Waals surface area contributed by atoms with Crippen LogP contribution in [-0.2, 0) is 9.59 Å². The van der Waals surface area contributed by atoms with Crippen LogP contribution in [0.25, 0.3) is 0 Å². The molecule has 0 saturated carbocycles. The van der Waals surface area contributed by atoms with Crippen molar-refractivity contribution in [3.05, 3.63) is 0 Å². The van der Waals surface area contributed by atoms with Crippen molar-refractivity contribution in [1.29, 1.82) is 0 Å². The van der Waals surface area contributed by atoms with E-state index in [1.165, 1.54) is 11.8 Å². The summed E-state index contributed by atoms with van der Waals surface area (Å²) in [5, 5.41) is 2.63. The summed E-state index contributed by atoms with van der Waals surface area (Å²) in [6.07, 6.45) is 0. The van der Waals surface area contributed by atoms with E-state index in [9.17, 15) is 9.59 Å². The minimum absolute atomic E-state index is 0.0367. The smallest absolute Gasteiger partial charge is 0.223 e. The third kappa shape index (κ3) is 3.95. The van der Waals surface area contributed by atoms with E-state index in [4.69, 9.17) is 0 Å². The average molecular weight is 172 g/mol. The molecule has 12 heavy (non-hydrogen) atoms. The Bertz CT molecular complexity index is 178. The summed E-state index contributed by atoms with van der Waals surface area (Å²) in [6.45, 7) is 5.36. The van der Waals surface area contributed by atoms with Gasteiger partial charge in [-0.1, -0.05) is 13.8 Å². The molecule has 0 aromatic heterocycles. The lowest BCUT2D eigenvalue weighted by atomic mass is 10.2. The van der Waals surface area contributed by atoms with Crippen molar-refractivity contribution in [3.63, 3.8) is 0 Å². The number of amides is 2. The van der Waals surface area contributed by atoms with Gasteiger partial charge in [-0.15, -0.1) is 0 Å². The molecule has 0 unspecified atom stereocenters. The van der Waals surface area contributed by atoms with Crippen LogP contribution in [0.1, 0.15) is 20.8 Å². The summed E-state index contributed by atoms with van der Waals surface area (Å²) in [5.41, 5.74) is 0. The molecule has 0 spiro atoms. The van der Waals surface area contributed by atoms with Gasteiger partial charge in [-0.05, 0) is 0 Å². The topological polar surface area (TPSA) is 49.4 Å². The van der Waals surface area contributed by atoms with Crippen LogP contribution in [0.4, 0.5) is 0 Å². The Morgan fingerprint density at radius 3 is 2.25 bits per heavy atom. The van der Waals surface area contributed by atoms with Crippen LogP contribution in [-0.4, -0.2) is 30.4 Å². The van der Waals surface area contributed by atoms with Crippen LogP contribution in [0, 0.1) is 5.92 Å². The molecule has 0 fully saturated rings. The first-order valence-corrected chi connectivity index (χ1v) is 3.94. The zero-order chi connectivity index (χ0) is 9.72. The molecule has 0 heterocycles. The Morgan fingerprint density at radius 1 is 1.42 bits per heavy atom. The lowest BCUT2D eigenvalue weighted by molar-refractivity contribution is -0.129. The van der Waals surface area contributed by atoms with Gasteiger partial charge in [0.25, 0.3) is 0 Å². The molecule has 0 aliphatic heterocycles. The monoisotopic (exact) mass is 172 g/mol. The van der Waals surface area contributed by atoms with Gasteiger partial charge in [0.15, 0.2) is 0 Å². The highest BCUT2D eigenvalue weighted by molar-refractivity contribution is 5.78. The standard InChI is InChI=1S/C8H16N2O2/c1-6(2)8(12)9-5-10(4)7(3)11/h6H,5H2,1-4H3,(H,9,12). The fourth-order valence-electron chi connectivity index (χ4n) is 0.512. The van der Waals surface area contributed by atoms with Gasteiger partial charge < -0.3 is 10.2 Å².